The highest BCUT2D eigenvalue weighted by Crippen LogP contribution is 2.20. The van der Waals surface area contributed by atoms with Gasteiger partial charge in [0.2, 0.25) is 0 Å². The Balaban J connectivity index is 1.99. The minimum absolute atomic E-state index is 0.507. The zero-order chi connectivity index (χ0) is 10.7. The summed E-state index contributed by atoms with van der Waals surface area (Å²) < 4.78 is 1.11. The van der Waals surface area contributed by atoms with Crippen molar-refractivity contribution in [1.82, 2.24) is 4.98 Å². The van der Waals surface area contributed by atoms with E-state index in [1.54, 1.807) is 17.4 Å². The number of nitrogens with one attached hydrogen (secondary N) is 1. The van der Waals surface area contributed by atoms with Gasteiger partial charge in [0.05, 0.1) is 6.54 Å². The van der Waals surface area contributed by atoms with E-state index in [1.807, 2.05) is 12.1 Å². The van der Waals surface area contributed by atoms with Crippen LogP contribution in [0.3, 0.4) is 0 Å². The molecule has 0 aliphatic carbocycles. The van der Waals surface area contributed by atoms with Crippen molar-refractivity contribution in [3.8, 4) is 0 Å². The first-order chi connectivity index (χ1) is 7.24. The number of hydrogen-bond acceptors (Lipinski definition) is 3. The van der Waals surface area contributed by atoms with Gasteiger partial charge in [-0.25, -0.2) is 4.98 Å². The molecular formula is C10H8BrClN2S. The van der Waals surface area contributed by atoms with E-state index >= 15 is 0 Å². The Hall–Kier alpha value is -0.580. The van der Waals surface area contributed by atoms with Gasteiger partial charge in [0.15, 0.2) is 0 Å². The number of anilines is 1. The van der Waals surface area contributed by atoms with Crippen molar-refractivity contribution in [1.29, 1.82) is 0 Å². The van der Waals surface area contributed by atoms with Crippen LogP contribution >= 0.6 is 38.9 Å². The molecule has 2 heterocycles. The van der Waals surface area contributed by atoms with Gasteiger partial charge < -0.3 is 5.32 Å². The van der Waals surface area contributed by atoms with Crippen LogP contribution in [0.4, 0.5) is 5.82 Å². The van der Waals surface area contributed by atoms with E-state index in [-0.39, 0.29) is 0 Å². The quantitative estimate of drug-likeness (QED) is 0.861. The number of hydrogen-bond donors (Lipinski definition) is 1. The topological polar surface area (TPSA) is 24.9 Å². The fraction of sp³-hybridized carbons (Fsp3) is 0.100. The van der Waals surface area contributed by atoms with Gasteiger partial charge in [-0.15, -0.1) is 11.3 Å². The third-order valence-corrected chi connectivity index (χ3v) is 3.69. The van der Waals surface area contributed by atoms with Gasteiger partial charge in [0.25, 0.3) is 0 Å². The van der Waals surface area contributed by atoms with E-state index in [4.69, 9.17) is 11.6 Å². The normalized spacial score (nSPS) is 10.3. The summed E-state index contributed by atoms with van der Waals surface area (Å²) in [5.74, 6) is 0.798. The molecule has 15 heavy (non-hydrogen) atoms. The Morgan fingerprint density at radius 2 is 2.33 bits per heavy atom. The van der Waals surface area contributed by atoms with Crippen LogP contribution in [0, 0.1) is 0 Å². The number of rotatable bonds is 3. The molecule has 78 valence electrons. The van der Waals surface area contributed by atoms with Crippen LogP contribution in [0.1, 0.15) is 4.88 Å². The first-order valence-electron chi connectivity index (χ1n) is 4.33. The van der Waals surface area contributed by atoms with Gasteiger partial charge in [-0.3, -0.25) is 0 Å². The number of thiophene rings is 1. The fourth-order valence-electron chi connectivity index (χ4n) is 1.13. The predicted octanol–water partition coefficient (Wildman–Crippen LogP) is 4.17. The van der Waals surface area contributed by atoms with E-state index in [0.29, 0.717) is 5.15 Å². The van der Waals surface area contributed by atoms with Crippen molar-refractivity contribution in [3.05, 3.63) is 44.1 Å². The summed E-state index contributed by atoms with van der Waals surface area (Å²) in [5, 5.41) is 5.77. The van der Waals surface area contributed by atoms with Crippen LogP contribution in [-0.2, 0) is 6.54 Å². The lowest BCUT2D eigenvalue weighted by Gasteiger charge is -2.03. The molecule has 0 fully saturated rings. The summed E-state index contributed by atoms with van der Waals surface area (Å²) >= 11 is 10.9. The van der Waals surface area contributed by atoms with Gasteiger partial charge in [-0.2, -0.15) is 0 Å². The summed E-state index contributed by atoms with van der Waals surface area (Å²) in [6.45, 7) is 0.767. The lowest BCUT2D eigenvalue weighted by molar-refractivity contribution is 1.14. The summed E-state index contributed by atoms with van der Waals surface area (Å²) in [6.07, 6.45) is 0. The average Bonchev–Trinajstić information content (AvgIpc) is 2.62. The van der Waals surface area contributed by atoms with Crippen molar-refractivity contribution >= 4 is 44.7 Å². The van der Waals surface area contributed by atoms with Crippen LogP contribution in [0.2, 0.25) is 5.15 Å². The van der Waals surface area contributed by atoms with Crippen LogP contribution in [0.5, 0.6) is 0 Å². The second-order valence-electron chi connectivity index (χ2n) is 2.93. The lowest BCUT2D eigenvalue weighted by Crippen LogP contribution is -1.99. The van der Waals surface area contributed by atoms with Crippen molar-refractivity contribution in [2.45, 2.75) is 6.54 Å². The molecule has 2 rings (SSSR count). The van der Waals surface area contributed by atoms with Crippen LogP contribution in [-0.4, -0.2) is 4.98 Å². The van der Waals surface area contributed by atoms with E-state index in [9.17, 15) is 0 Å². The summed E-state index contributed by atoms with van der Waals surface area (Å²) in [4.78, 5) is 5.40. The summed E-state index contributed by atoms with van der Waals surface area (Å²) in [7, 11) is 0. The maximum atomic E-state index is 5.77. The fourth-order valence-corrected chi connectivity index (χ4v) is 2.69. The third-order valence-electron chi connectivity index (χ3n) is 1.78. The zero-order valence-corrected chi connectivity index (χ0v) is 10.9. The predicted molar refractivity (Wildman–Crippen MR) is 68.6 cm³/mol. The SMILES string of the molecule is Clc1cccc(NCc2cc(Br)cs2)n1. The van der Waals surface area contributed by atoms with Gasteiger partial charge in [0, 0.05) is 14.7 Å². The summed E-state index contributed by atoms with van der Waals surface area (Å²) in [5.41, 5.74) is 0. The average molecular weight is 304 g/mol. The Kier molecular flexibility index (Phi) is 3.61. The van der Waals surface area contributed by atoms with Crippen LogP contribution in [0.25, 0.3) is 0 Å². The molecule has 0 saturated carbocycles. The van der Waals surface area contributed by atoms with Gasteiger partial charge in [-0.1, -0.05) is 17.7 Å². The van der Waals surface area contributed by atoms with Gasteiger partial charge >= 0.3 is 0 Å². The number of halogens is 2. The van der Waals surface area contributed by atoms with E-state index in [0.717, 1.165) is 16.8 Å². The molecule has 2 nitrogen and oxygen atoms in total. The Morgan fingerprint density at radius 3 is 3.00 bits per heavy atom. The van der Waals surface area contributed by atoms with Crippen LogP contribution in [0.15, 0.2) is 34.1 Å². The molecule has 2 aromatic heterocycles. The molecule has 0 spiro atoms. The van der Waals surface area contributed by atoms with Gasteiger partial charge in [0.1, 0.15) is 11.0 Å². The highest BCUT2D eigenvalue weighted by molar-refractivity contribution is 9.10. The first kappa shape index (κ1) is 10.9. The first-order valence-corrected chi connectivity index (χ1v) is 6.38. The largest absolute Gasteiger partial charge is 0.365 e. The molecule has 0 unspecified atom stereocenters. The molecular weight excluding hydrogens is 296 g/mol. The van der Waals surface area contributed by atoms with Gasteiger partial charge in [-0.05, 0) is 34.1 Å². The molecule has 0 amide bonds. The maximum Gasteiger partial charge on any atom is 0.131 e. The standard InChI is InChI=1S/C10H8BrClN2S/c11-7-4-8(15-6-7)5-13-10-3-1-2-9(12)14-10/h1-4,6H,5H2,(H,13,14). The molecule has 0 radical (unpaired) electrons. The van der Waals surface area contributed by atoms with Crippen molar-refractivity contribution in [3.63, 3.8) is 0 Å². The molecule has 0 aromatic carbocycles. The third kappa shape index (κ3) is 3.19. The minimum atomic E-state index is 0.507. The molecule has 0 aliphatic rings. The molecule has 2 aromatic rings. The molecule has 0 saturated heterocycles. The zero-order valence-electron chi connectivity index (χ0n) is 7.71. The van der Waals surface area contributed by atoms with E-state index < -0.39 is 0 Å². The molecule has 1 N–H and O–H groups in total. The second-order valence-corrected chi connectivity index (χ2v) is 5.23. The smallest absolute Gasteiger partial charge is 0.131 e. The molecule has 0 aliphatic heterocycles. The van der Waals surface area contributed by atoms with Crippen molar-refractivity contribution in [2.75, 3.05) is 5.32 Å². The van der Waals surface area contributed by atoms with Crippen molar-refractivity contribution < 1.29 is 0 Å². The number of nitrogens with zero attached hydrogens (tertiary/aromatic N) is 1. The highest BCUT2D eigenvalue weighted by Gasteiger charge is 1.98. The highest BCUT2D eigenvalue weighted by atomic mass is 79.9. The Morgan fingerprint density at radius 1 is 1.47 bits per heavy atom. The Bertz CT molecular complexity index is 458. The van der Waals surface area contributed by atoms with E-state index in [1.165, 1.54) is 4.88 Å². The second kappa shape index (κ2) is 4.96. The summed E-state index contributed by atoms with van der Waals surface area (Å²) in [6, 6.07) is 7.62. The molecule has 5 heteroatoms. The number of pyridine rings is 1. The monoisotopic (exact) mass is 302 g/mol. The number of aromatic nitrogens is 1. The molecule has 0 bridgehead atoms. The lowest BCUT2D eigenvalue weighted by atomic mass is 10.4. The van der Waals surface area contributed by atoms with Crippen LogP contribution < -0.4 is 5.32 Å². The maximum absolute atomic E-state index is 5.77. The molecule has 0 atom stereocenters. The van der Waals surface area contributed by atoms with Crippen molar-refractivity contribution in [2.24, 2.45) is 0 Å². The minimum Gasteiger partial charge on any atom is -0.365 e. The van der Waals surface area contributed by atoms with E-state index in [2.05, 4.69) is 37.7 Å². The Labute approximate surface area is 105 Å².